The van der Waals surface area contributed by atoms with Crippen LogP contribution in [0.2, 0.25) is 0 Å². The maximum atomic E-state index is 11.4. The fourth-order valence-corrected chi connectivity index (χ4v) is 2.22. The Hall–Kier alpha value is -1.19. The molecule has 0 aliphatic rings. The second-order valence-corrected chi connectivity index (χ2v) is 5.31. The highest BCUT2D eigenvalue weighted by Gasteiger charge is 2.24. The zero-order valence-electron chi connectivity index (χ0n) is 10.2. The molecule has 0 heterocycles. The van der Waals surface area contributed by atoms with Gasteiger partial charge in [-0.25, -0.2) is 13.1 Å². The van der Waals surface area contributed by atoms with E-state index in [0.29, 0.717) is 0 Å². The molecule has 0 aliphatic heterocycles. The van der Waals surface area contributed by atoms with Crippen LogP contribution < -0.4 is 4.72 Å². The predicted molar refractivity (Wildman–Crippen MR) is 61.5 cm³/mol. The Bertz CT molecular complexity index is 378. The van der Waals surface area contributed by atoms with Crippen LogP contribution in [0.4, 0.5) is 0 Å². The third-order valence-electron chi connectivity index (χ3n) is 2.04. The van der Waals surface area contributed by atoms with Crippen LogP contribution in [-0.4, -0.2) is 58.1 Å². The molecule has 0 saturated heterocycles. The number of nitrogens with one attached hydrogen (secondary N) is 1. The fourth-order valence-electron chi connectivity index (χ4n) is 1.07. The molecule has 0 aromatic rings. The first-order valence-electron chi connectivity index (χ1n) is 5.11. The van der Waals surface area contributed by atoms with Crippen LogP contribution in [0, 0.1) is 0 Å². The Morgan fingerprint density at radius 1 is 1.33 bits per heavy atom. The molecule has 0 rings (SSSR count). The minimum absolute atomic E-state index is 0.0430. The first-order chi connectivity index (χ1) is 8.32. The number of methoxy groups -OCH3 is 2. The van der Waals surface area contributed by atoms with Crippen LogP contribution in [-0.2, 0) is 29.1 Å². The normalized spacial score (nSPS) is 13.0. The van der Waals surface area contributed by atoms with Crippen molar-refractivity contribution < 1.29 is 32.6 Å². The molecule has 9 heteroatoms. The summed E-state index contributed by atoms with van der Waals surface area (Å²) in [6.45, 7) is -0.0430. The second kappa shape index (κ2) is 8.01. The molecule has 0 aliphatic carbocycles. The van der Waals surface area contributed by atoms with E-state index in [4.69, 9.17) is 5.11 Å². The molecule has 18 heavy (non-hydrogen) atoms. The van der Waals surface area contributed by atoms with Crippen LogP contribution in [0.1, 0.15) is 12.8 Å². The molecule has 0 radical (unpaired) electrons. The van der Waals surface area contributed by atoms with Gasteiger partial charge in [-0.2, -0.15) is 0 Å². The monoisotopic (exact) mass is 283 g/mol. The maximum absolute atomic E-state index is 11.4. The average molecular weight is 283 g/mol. The van der Waals surface area contributed by atoms with Gasteiger partial charge in [0.1, 0.15) is 6.04 Å². The summed E-state index contributed by atoms with van der Waals surface area (Å²) in [6.07, 6.45) is -0.353. The summed E-state index contributed by atoms with van der Waals surface area (Å²) in [7, 11) is -1.25. The zero-order chi connectivity index (χ0) is 14.2. The number of carbonyl (C=O) groups excluding carboxylic acids is 1. The number of sulfonamides is 1. The van der Waals surface area contributed by atoms with Crippen LogP contribution in [0.15, 0.2) is 0 Å². The molecular formula is C9H17NO7S. The van der Waals surface area contributed by atoms with Crippen LogP contribution in [0.25, 0.3) is 0 Å². The van der Waals surface area contributed by atoms with Crippen molar-refractivity contribution in [3.8, 4) is 0 Å². The summed E-state index contributed by atoms with van der Waals surface area (Å²) in [5.74, 6) is -2.29. The van der Waals surface area contributed by atoms with Crippen molar-refractivity contribution in [2.75, 3.05) is 26.6 Å². The van der Waals surface area contributed by atoms with Gasteiger partial charge in [0.2, 0.25) is 10.0 Å². The average Bonchev–Trinajstić information content (AvgIpc) is 2.31. The van der Waals surface area contributed by atoms with Crippen LogP contribution >= 0.6 is 0 Å². The Morgan fingerprint density at radius 2 is 1.94 bits per heavy atom. The minimum atomic E-state index is -3.75. The molecule has 1 unspecified atom stereocenters. The van der Waals surface area contributed by atoms with Crippen LogP contribution in [0.3, 0.4) is 0 Å². The van der Waals surface area contributed by atoms with Crippen molar-refractivity contribution in [2.24, 2.45) is 0 Å². The van der Waals surface area contributed by atoms with Crippen molar-refractivity contribution in [1.29, 1.82) is 0 Å². The molecule has 0 saturated carbocycles. The van der Waals surface area contributed by atoms with E-state index in [-0.39, 0.29) is 25.2 Å². The highest BCUT2D eigenvalue weighted by molar-refractivity contribution is 7.89. The summed E-state index contributed by atoms with van der Waals surface area (Å²) in [6, 6.07) is -1.36. The second-order valence-electron chi connectivity index (χ2n) is 3.44. The Kier molecular flexibility index (Phi) is 7.48. The highest BCUT2D eigenvalue weighted by Crippen LogP contribution is 2.02. The summed E-state index contributed by atoms with van der Waals surface area (Å²) in [4.78, 5) is 21.7. The highest BCUT2D eigenvalue weighted by atomic mass is 32.2. The first-order valence-corrected chi connectivity index (χ1v) is 6.76. The zero-order valence-corrected chi connectivity index (χ0v) is 11.0. The SMILES string of the molecule is COCCS(=O)(=O)NC(CCC(=O)OC)C(=O)O. The predicted octanol–water partition coefficient (Wildman–Crippen LogP) is -1.04. The lowest BCUT2D eigenvalue weighted by Gasteiger charge is -2.13. The number of ether oxygens (including phenoxy) is 2. The summed E-state index contributed by atoms with van der Waals surface area (Å²) < 4.78 is 33.8. The van der Waals surface area contributed by atoms with Gasteiger partial charge in [-0.15, -0.1) is 0 Å². The third-order valence-corrected chi connectivity index (χ3v) is 3.39. The lowest BCUT2D eigenvalue weighted by molar-refractivity contribution is -0.142. The molecule has 0 bridgehead atoms. The van der Waals surface area contributed by atoms with Crippen molar-refractivity contribution in [3.05, 3.63) is 0 Å². The molecule has 0 amide bonds. The van der Waals surface area contributed by atoms with E-state index < -0.39 is 28.0 Å². The van der Waals surface area contributed by atoms with Crippen molar-refractivity contribution in [2.45, 2.75) is 18.9 Å². The Morgan fingerprint density at radius 3 is 2.39 bits per heavy atom. The van der Waals surface area contributed by atoms with Gasteiger partial charge in [0, 0.05) is 13.5 Å². The molecule has 106 valence electrons. The van der Waals surface area contributed by atoms with Gasteiger partial charge in [0.05, 0.1) is 19.5 Å². The lowest BCUT2D eigenvalue weighted by atomic mass is 10.2. The molecule has 1 atom stereocenters. The van der Waals surface area contributed by atoms with Gasteiger partial charge in [0.25, 0.3) is 0 Å². The third kappa shape index (κ3) is 7.20. The number of carbonyl (C=O) groups is 2. The first kappa shape index (κ1) is 16.8. The smallest absolute Gasteiger partial charge is 0.321 e. The topological polar surface area (TPSA) is 119 Å². The number of hydrogen-bond donors (Lipinski definition) is 2. The maximum Gasteiger partial charge on any atom is 0.321 e. The summed E-state index contributed by atoms with van der Waals surface area (Å²) in [5, 5.41) is 8.84. The van der Waals surface area contributed by atoms with Crippen LogP contribution in [0.5, 0.6) is 0 Å². The molecule has 0 aromatic heterocycles. The number of aliphatic carboxylic acids is 1. The van der Waals surface area contributed by atoms with Crippen molar-refractivity contribution in [1.82, 2.24) is 4.72 Å². The fraction of sp³-hybridized carbons (Fsp3) is 0.778. The number of rotatable bonds is 9. The van der Waals surface area contributed by atoms with Gasteiger partial charge in [-0.1, -0.05) is 0 Å². The van der Waals surface area contributed by atoms with Crippen molar-refractivity contribution in [3.63, 3.8) is 0 Å². The Balaban J connectivity index is 4.44. The summed E-state index contributed by atoms with van der Waals surface area (Å²) >= 11 is 0. The number of esters is 1. The van der Waals surface area contributed by atoms with E-state index in [1.807, 2.05) is 4.72 Å². The molecule has 0 spiro atoms. The largest absolute Gasteiger partial charge is 0.480 e. The lowest BCUT2D eigenvalue weighted by Crippen LogP contribution is -2.42. The van der Waals surface area contributed by atoms with E-state index in [1.54, 1.807) is 0 Å². The van der Waals surface area contributed by atoms with Gasteiger partial charge in [0.15, 0.2) is 0 Å². The number of carboxylic acids is 1. The standard InChI is InChI=1S/C9H17NO7S/c1-16-5-6-18(14,15)10-7(9(12)13)3-4-8(11)17-2/h7,10H,3-6H2,1-2H3,(H,12,13). The van der Waals surface area contributed by atoms with E-state index in [1.165, 1.54) is 14.2 Å². The summed E-state index contributed by atoms with van der Waals surface area (Å²) in [5.41, 5.74) is 0. The van der Waals surface area contributed by atoms with Gasteiger partial charge >= 0.3 is 11.9 Å². The van der Waals surface area contributed by atoms with E-state index in [2.05, 4.69) is 9.47 Å². The van der Waals surface area contributed by atoms with Gasteiger partial charge in [-0.05, 0) is 6.42 Å². The number of hydrogen-bond acceptors (Lipinski definition) is 6. The molecular weight excluding hydrogens is 266 g/mol. The Labute approximate surface area is 105 Å². The number of carboxylic acid groups (broad SMARTS) is 1. The van der Waals surface area contributed by atoms with E-state index in [9.17, 15) is 18.0 Å². The molecule has 2 N–H and O–H groups in total. The quantitative estimate of drug-likeness (QED) is 0.519. The van der Waals surface area contributed by atoms with E-state index >= 15 is 0 Å². The van der Waals surface area contributed by atoms with Gasteiger partial charge < -0.3 is 14.6 Å². The minimum Gasteiger partial charge on any atom is -0.480 e. The molecule has 0 fully saturated rings. The molecule has 0 aromatic carbocycles. The molecule has 8 nitrogen and oxygen atoms in total. The van der Waals surface area contributed by atoms with E-state index in [0.717, 1.165) is 0 Å². The van der Waals surface area contributed by atoms with Gasteiger partial charge in [-0.3, -0.25) is 9.59 Å². The van der Waals surface area contributed by atoms with Crippen molar-refractivity contribution >= 4 is 22.0 Å².